The van der Waals surface area contributed by atoms with Gasteiger partial charge in [0, 0.05) is 25.4 Å². The first-order valence-corrected chi connectivity index (χ1v) is 11.4. The molecule has 120 valence electrons. The number of halogens is 1. The summed E-state index contributed by atoms with van der Waals surface area (Å²) in [7, 11) is 0.467. The molecule has 0 atom stereocenters. The van der Waals surface area contributed by atoms with Gasteiger partial charge in [-0.25, -0.2) is 4.98 Å². The Balaban J connectivity index is 2.11. The summed E-state index contributed by atoms with van der Waals surface area (Å²) in [6.45, 7) is 7.97. The van der Waals surface area contributed by atoms with Crippen LogP contribution in [0.3, 0.4) is 0 Å². The third-order valence-electron chi connectivity index (χ3n) is 2.99. The number of hydrogen-bond acceptors (Lipinski definition) is 6. The lowest BCUT2D eigenvalue weighted by Crippen LogP contribution is -2.22. The van der Waals surface area contributed by atoms with Crippen molar-refractivity contribution in [2.45, 2.75) is 32.4 Å². The van der Waals surface area contributed by atoms with Crippen molar-refractivity contribution in [1.82, 2.24) is 25.2 Å². The van der Waals surface area contributed by atoms with E-state index in [1.54, 1.807) is 18.0 Å². The van der Waals surface area contributed by atoms with Gasteiger partial charge in [-0.3, -0.25) is 0 Å². The Morgan fingerprint density at radius 3 is 2.77 bits per heavy atom. The highest BCUT2D eigenvalue weighted by Gasteiger charge is 2.17. The number of pyridine rings is 1. The molecule has 0 fully saturated rings. The molecule has 7 nitrogen and oxygen atoms in total. The van der Waals surface area contributed by atoms with Gasteiger partial charge in [-0.05, 0) is 38.5 Å². The molecule has 0 aliphatic carbocycles. The zero-order chi connectivity index (χ0) is 16.2. The lowest BCUT2D eigenvalue weighted by molar-refractivity contribution is 0.0783. The molecule has 0 N–H and O–H groups in total. The maximum atomic E-state index is 5.70. The monoisotopic (exact) mass is 385 g/mol. The van der Waals surface area contributed by atoms with Gasteiger partial charge in [0.05, 0.1) is 12.7 Å². The van der Waals surface area contributed by atoms with E-state index in [2.05, 4.69) is 56.1 Å². The lowest BCUT2D eigenvalue weighted by atomic mass is 10.2. The second-order valence-electron chi connectivity index (χ2n) is 6.06. The second-order valence-corrected chi connectivity index (χ2v) is 12.6. The van der Waals surface area contributed by atoms with Crippen molar-refractivity contribution in [3.8, 4) is 17.3 Å². The van der Waals surface area contributed by atoms with Crippen LogP contribution in [0.1, 0.15) is 0 Å². The van der Waals surface area contributed by atoms with Crippen LogP contribution >= 0.6 is 15.9 Å². The highest BCUT2D eigenvalue weighted by molar-refractivity contribution is 9.10. The van der Waals surface area contributed by atoms with Crippen LogP contribution in [0.25, 0.3) is 11.4 Å². The Bertz CT molecular complexity index is 629. The molecule has 2 rings (SSSR count). The summed E-state index contributed by atoms with van der Waals surface area (Å²) in [5.74, 6) is 1.04. The van der Waals surface area contributed by atoms with Gasteiger partial charge in [-0.2, -0.15) is 4.68 Å². The van der Waals surface area contributed by atoms with E-state index < -0.39 is 8.07 Å². The number of aromatic nitrogens is 5. The molecule has 0 aromatic carbocycles. The van der Waals surface area contributed by atoms with E-state index in [9.17, 15) is 0 Å². The molecule has 0 unspecified atom stereocenters. The minimum atomic E-state index is -1.10. The van der Waals surface area contributed by atoms with Crippen LogP contribution in [0.2, 0.25) is 25.7 Å². The number of nitrogens with zero attached hydrogens (tertiary/aromatic N) is 5. The smallest absolute Gasteiger partial charge is 0.224 e. The summed E-state index contributed by atoms with van der Waals surface area (Å²) in [5.41, 5.74) is 0.718. The third kappa shape index (κ3) is 4.59. The van der Waals surface area contributed by atoms with Gasteiger partial charge in [-0.1, -0.05) is 19.6 Å². The van der Waals surface area contributed by atoms with Crippen LogP contribution in [-0.2, 0) is 11.5 Å². The molecule has 2 heterocycles. The second kappa shape index (κ2) is 7.29. The van der Waals surface area contributed by atoms with Gasteiger partial charge in [0.2, 0.25) is 5.88 Å². The molecular formula is C13H20BrN5O2Si. The molecule has 2 aromatic heterocycles. The quantitative estimate of drug-likeness (QED) is 0.538. The fourth-order valence-electron chi connectivity index (χ4n) is 1.76. The summed E-state index contributed by atoms with van der Waals surface area (Å²) in [6, 6.07) is 2.97. The zero-order valence-electron chi connectivity index (χ0n) is 13.2. The minimum absolute atomic E-state index is 0.308. The molecule has 9 heteroatoms. The Kier molecular flexibility index (Phi) is 5.65. The number of hydrogen-bond donors (Lipinski definition) is 0. The zero-order valence-corrected chi connectivity index (χ0v) is 15.8. The largest absolute Gasteiger partial charge is 0.480 e. The Morgan fingerprint density at radius 2 is 2.09 bits per heavy atom. The van der Waals surface area contributed by atoms with Crippen LogP contribution in [0.4, 0.5) is 0 Å². The van der Waals surface area contributed by atoms with E-state index in [-0.39, 0.29) is 0 Å². The minimum Gasteiger partial charge on any atom is -0.480 e. The van der Waals surface area contributed by atoms with Crippen molar-refractivity contribution in [1.29, 1.82) is 0 Å². The number of rotatable bonds is 7. The van der Waals surface area contributed by atoms with Crippen LogP contribution in [0.15, 0.2) is 16.7 Å². The Hall–Kier alpha value is -1.32. The van der Waals surface area contributed by atoms with Crippen LogP contribution in [-0.4, -0.2) is 47.0 Å². The molecule has 2 aromatic rings. The first-order chi connectivity index (χ1) is 10.4. The topological polar surface area (TPSA) is 75.0 Å². The number of tetrazole rings is 1. The standard InChI is InChI=1S/C13H20BrN5O2Si/c1-20-13-11(7-10(14)8-15-13)12-16-17-18-19(12)9-21-5-6-22(2,3)4/h7-8H,5-6,9H2,1-4H3. The lowest BCUT2D eigenvalue weighted by Gasteiger charge is -2.15. The fraction of sp³-hybridized carbons (Fsp3) is 0.538. The normalized spacial score (nSPS) is 11.7. The van der Waals surface area contributed by atoms with E-state index in [0.29, 0.717) is 25.0 Å². The van der Waals surface area contributed by atoms with Gasteiger partial charge in [0.1, 0.15) is 6.73 Å². The highest BCUT2D eigenvalue weighted by atomic mass is 79.9. The predicted molar refractivity (Wildman–Crippen MR) is 89.4 cm³/mol. The van der Waals surface area contributed by atoms with Crippen molar-refractivity contribution >= 4 is 24.0 Å². The van der Waals surface area contributed by atoms with Crippen molar-refractivity contribution in [3.05, 3.63) is 16.7 Å². The first-order valence-electron chi connectivity index (χ1n) is 6.94. The molecule has 0 saturated heterocycles. The van der Waals surface area contributed by atoms with Gasteiger partial charge >= 0.3 is 0 Å². The van der Waals surface area contributed by atoms with E-state index in [1.165, 1.54) is 0 Å². The van der Waals surface area contributed by atoms with E-state index in [0.717, 1.165) is 16.1 Å². The average Bonchev–Trinajstić information content (AvgIpc) is 2.91. The molecule has 0 saturated carbocycles. The number of methoxy groups -OCH3 is 1. The maximum Gasteiger partial charge on any atom is 0.224 e. The SMILES string of the molecule is COc1ncc(Br)cc1-c1nnnn1COCC[Si](C)(C)C. The molecule has 0 spiro atoms. The molecule has 0 radical (unpaired) electrons. The third-order valence-corrected chi connectivity index (χ3v) is 5.13. The Labute approximate surface area is 139 Å². The summed E-state index contributed by atoms with van der Waals surface area (Å²) in [6.07, 6.45) is 1.67. The van der Waals surface area contributed by atoms with E-state index in [1.807, 2.05) is 6.07 Å². The van der Waals surface area contributed by atoms with Crippen molar-refractivity contribution < 1.29 is 9.47 Å². The van der Waals surface area contributed by atoms with Gasteiger partial charge < -0.3 is 9.47 Å². The first kappa shape index (κ1) is 17.0. The molecule has 0 amide bonds. The predicted octanol–water partition coefficient (Wildman–Crippen LogP) is 2.82. The summed E-state index contributed by atoms with van der Waals surface area (Å²) in [5, 5.41) is 11.8. The van der Waals surface area contributed by atoms with Crippen molar-refractivity contribution in [2.24, 2.45) is 0 Å². The van der Waals surface area contributed by atoms with Crippen molar-refractivity contribution in [3.63, 3.8) is 0 Å². The highest BCUT2D eigenvalue weighted by Crippen LogP contribution is 2.28. The van der Waals surface area contributed by atoms with Gasteiger partial charge in [0.25, 0.3) is 0 Å². The molecule has 0 bridgehead atoms. The van der Waals surface area contributed by atoms with Crippen LogP contribution in [0, 0.1) is 0 Å². The Morgan fingerprint density at radius 1 is 1.32 bits per heavy atom. The molecule has 0 aliphatic rings. The number of ether oxygens (including phenoxy) is 2. The maximum absolute atomic E-state index is 5.70. The van der Waals surface area contributed by atoms with Crippen LogP contribution in [0.5, 0.6) is 5.88 Å². The molecular weight excluding hydrogens is 366 g/mol. The fourth-order valence-corrected chi connectivity index (χ4v) is 2.85. The summed E-state index contributed by atoms with van der Waals surface area (Å²) in [4.78, 5) is 4.21. The average molecular weight is 386 g/mol. The van der Waals surface area contributed by atoms with Crippen molar-refractivity contribution in [2.75, 3.05) is 13.7 Å². The van der Waals surface area contributed by atoms with Crippen LogP contribution < -0.4 is 4.74 Å². The van der Waals surface area contributed by atoms with E-state index in [4.69, 9.17) is 9.47 Å². The van der Waals surface area contributed by atoms with Gasteiger partial charge in [0.15, 0.2) is 5.82 Å². The summed E-state index contributed by atoms with van der Waals surface area (Å²) >= 11 is 3.40. The molecule has 0 aliphatic heterocycles. The van der Waals surface area contributed by atoms with E-state index >= 15 is 0 Å². The summed E-state index contributed by atoms with van der Waals surface area (Å²) < 4.78 is 13.4. The molecule has 22 heavy (non-hydrogen) atoms. The van der Waals surface area contributed by atoms with Gasteiger partial charge in [-0.15, -0.1) is 5.10 Å².